The molecule has 0 saturated carbocycles. The van der Waals surface area contributed by atoms with Crippen molar-refractivity contribution in [3.63, 3.8) is 0 Å². The third kappa shape index (κ3) is 4.09. The molecule has 4 aromatic rings. The van der Waals surface area contributed by atoms with E-state index in [1.165, 1.54) is 0 Å². The lowest BCUT2D eigenvalue weighted by Crippen LogP contribution is -2.38. The van der Waals surface area contributed by atoms with E-state index < -0.39 is 0 Å². The number of nitrogens with zero attached hydrogens (tertiary/aromatic N) is 4. The molecule has 0 unspecified atom stereocenters. The summed E-state index contributed by atoms with van der Waals surface area (Å²) in [6, 6.07) is 13.6. The minimum absolute atomic E-state index is 0.0803. The number of H-pyrrole nitrogens is 1. The van der Waals surface area contributed by atoms with Crippen LogP contribution < -0.4 is 5.56 Å². The molecule has 2 aromatic carbocycles. The number of rotatable bonds is 5. The van der Waals surface area contributed by atoms with Gasteiger partial charge in [-0.15, -0.1) is 5.10 Å². The van der Waals surface area contributed by atoms with E-state index in [0.717, 1.165) is 5.39 Å². The van der Waals surface area contributed by atoms with Gasteiger partial charge >= 0.3 is 0 Å². The van der Waals surface area contributed by atoms with Gasteiger partial charge < -0.3 is 19.7 Å². The summed E-state index contributed by atoms with van der Waals surface area (Å²) >= 11 is 6.08. The predicted octanol–water partition coefficient (Wildman–Crippen LogP) is 2.65. The van der Waals surface area contributed by atoms with E-state index in [4.69, 9.17) is 16.3 Å². The number of pyridine rings is 1. The van der Waals surface area contributed by atoms with Crippen LogP contribution >= 0.6 is 11.6 Å². The van der Waals surface area contributed by atoms with E-state index in [9.17, 15) is 14.7 Å². The van der Waals surface area contributed by atoms with Crippen LogP contribution in [0, 0.1) is 0 Å². The number of aromatic amines is 1. The fraction of sp³-hybridized carbons (Fsp3) is 0.250. The van der Waals surface area contributed by atoms with Crippen LogP contribution in [0.15, 0.2) is 59.5 Å². The van der Waals surface area contributed by atoms with Gasteiger partial charge in [-0.2, -0.15) is 0 Å². The summed E-state index contributed by atoms with van der Waals surface area (Å²) in [5.74, 6) is -0.161. The van der Waals surface area contributed by atoms with Gasteiger partial charge in [0, 0.05) is 35.1 Å². The van der Waals surface area contributed by atoms with Gasteiger partial charge in [0.2, 0.25) is 0 Å². The van der Waals surface area contributed by atoms with Crippen molar-refractivity contribution in [2.24, 2.45) is 0 Å². The van der Waals surface area contributed by atoms with E-state index in [0.29, 0.717) is 46.0 Å². The Balaban J connectivity index is 1.39. The standard InChI is InChI=1S/C24H22ClN5O4/c1-34-19-10-18(13-31)29(11-19)24(33)14-2-5-17(6-3-14)30-12-22(27-28-30)20-9-15-8-16(25)4-7-21(15)26-23(20)32/h2-9,12,18-19,31H,10-11,13H2,1H3,(H,26,32)/t18-,19+/m0/s1. The number of aromatic nitrogens is 4. The van der Waals surface area contributed by atoms with E-state index in [2.05, 4.69) is 15.3 Å². The van der Waals surface area contributed by atoms with Crippen molar-refractivity contribution in [2.75, 3.05) is 20.3 Å². The molecule has 2 N–H and O–H groups in total. The van der Waals surface area contributed by atoms with Gasteiger partial charge in [-0.1, -0.05) is 16.8 Å². The number of fused-ring (bicyclic) bond motifs is 1. The number of likely N-dealkylation sites (tertiary alicyclic amines) is 1. The van der Waals surface area contributed by atoms with Crippen LogP contribution in [0.2, 0.25) is 5.02 Å². The molecule has 0 spiro atoms. The smallest absolute Gasteiger partial charge is 0.258 e. The molecule has 9 nitrogen and oxygen atoms in total. The summed E-state index contributed by atoms with van der Waals surface area (Å²) < 4.78 is 6.90. The molecule has 0 aliphatic carbocycles. The first-order valence-electron chi connectivity index (χ1n) is 10.8. The number of halogens is 1. The highest BCUT2D eigenvalue weighted by atomic mass is 35.5. The number of nitrogens with one attached hydrogen (secondary N) is 1. The fourth-order valence-corrected chi connectivity index (χ4v) is 4.45. The van der Waals surface area contributed by atoms with Crippen molar-refractivity contribution >= 4 is 28.4 Å². The monoisotopic (exact) mass is 479 g/mol. The van der Waals surface area contributed by atoms with Gasteiger partial charge in [-0.05, 0) is 55.0 Å². The zero-order chi connectivity index (χ0) is 23.8. The Kier molecular flexibility index (Phi) is 5.91. The number of methoxy groups -OCH3 is 1. The van der Waals surface area contributed by atoms with Crippen LogP contribution in [0.25, 0.3) is 27.8 Å². The lowest BCUT2D eigenvalue weighted by Gasteiger charge is -2.22. The van der Waals surface area contributed by atoms with Crippen LogP contribution in [0.1, 0.15) is 16.8 Å². The molecule has 34 heavy (non-hydrogen) atoms. The highest BCUT2D eigenvalue weighted by molar-refractivity contribution is 6.31. The third-order valence-corrected chi connectivity index (χ3v) is 6.37. The molecule has 3 heterocycles. The second kappa shape index (κ2) is 9.02. The maximum atomic E-state index is 13.0. The Bertz CT molecular complexity index is 1420. The average Bonchev–Trinajstić information content (AvgIpc) is 3.51. The van der Waals surface area contributed by atoms with Crippen molar-refractivity contribution in [3.05, 3.63) is 75.7 Å². The van der Waals surface area contributed by atoms with Crippen molar-refractivity contribution in [1.82, 2.24) is 24.9 Å². The number of aliphatic hydroxyl groups is 1. The number of ether oxygens (including phenoxy) is 1. The number of aliphatic hydroxyl groups excluding tert-OH is 1. The minimum atomic E-state index is -0.277. The minimum Gasteiger partial charge on any atom is -0.394 e. The Morgan fingerprint density at radius 2 is 2.03 bits per heavy atom. The highest BCUT2D eigenvalue weighted by Crippen LogP contribution is 2.24. The maximum absolute atomic E-state index is 13.0. The zero-order valence-electron chi connectivity index (χ0n) is 18.3. The van der Waals surface area contributed by atoms with Gasteiger partial charge in [0.1, 0.15) is 5.69 Å². The van der Waals surface area contributed by atoms with Crippen LogP contribution in [-0.4, -0.2) is 68.3 Å². The Hall–Kier alpha value is -3.53. The lowest BCUT2D eigenvalue weighted by atomic mass is 10.1. The van der Waals surface area contributed by atoms with Crippen molar-refractivity contribution in [1.29, 1.82) is 0 Å². The largest absolute Gasteiger partial charge is 0.394 e. The number of amides is 1. The Morgan fingerprint density at radius 1 is 1.24 bits per heavy atom. The third-order valence-electron chi connectivity index (χ3n) is 6.14. The zero-order valence-corrected chi connectivity index (χ0v) is 19.1. The first kappa shape index (κ1) is 22.3. The van der Waals surface area contributed by atoms with E-state index >= 15 is 0 Å². The van der Waals surface area contributed by atoms with Gasteiger partial charge in [0.05, 0.1) is 36.2 Å². The van der Waals surface area contributed by atoms with Crippen LogP contribution in [0.5, 0.6) is 0 Å². The summed E-state index contributed by atoms with van der Waals surface area (Å²) in [5, 5.41) is 19.3. The quantitative estimate of drug-likeness (QED) is 0.455. The van der Waals surface area contributed by atoms with Crippen LogP contribution in [0.4, 0.5) is 0 Å². The molecule has 2 atom stereocenters. The molecule has 1 aliphatic rings. The van der Waals surface area contributed by atoms with E-state index in [-0.39, 0.29) is 30.2 Å². The second-order valence-corrected chi connectivity index (χ2v) is 8.66. The lowest BCUT2D eigenvalue weighted by molar-refractivity contribution is 0.0648. The number of carbonyl (C=O) groups is 1. The molecule has 1 amide bonds. The van der Waals surface area contributed by atoms with Gasteiger partial charge in [-0.3, -0.25) is 9.59 Å². The molecule has 5 rings (SSSR count). The molecule has 1 fully saturated rings. The SMILES string of the molecule is CO[C@@H]1C[C@@H](CO)N(C(=O)c2ccc(-n3cc(-c4cc5cc(Cl)ccc5[nH]c4=O)nn3)cc2)C1. The molecule has 0 bridgehead atoms. The first-order chi connectivity index (χ1) is 16.5. The second-order valence-electron chi connectivity index (χ2n) is 8.23. The normalized spacial score (nSPS) is 18.0. The molecular weight excluding hydrogens is 458 g/mol. The molecule has 1 aliphatic heterocycles. The Labute approximate surface area is 199 Å². The number of benzene rings is 2. The van der Waals surface area contributed by atoms with Gasteiger partial charge in [0.25, 0.3) is 11.5 Å². The van der Waals surface area contributed by atoms with Crippen molar-refractivity contribution < 1.29 is 14.6 Å². The maximum Gasteiger partial charge on any atom is 0.258 e. The summed E-state index contributed by atoms with van der Waals surface area (Å²) in [4.78, 5) is 30.0. The Morgan fingerprint density at radius 3 is 2.76 bits per heavy atom. The molecular formula is C24H22ClN5O4. The van der Waals surface area contributed by atoms with Crippen LogP contribution in [-0.2, 0) is 4.74 Å². The summed E-state index contributed by atoms with van der Waals surface area (Å²) in [7, 11) is 1.61. The predicted molar refractivity (Wildman–Crippen MR) is 127 cm³/mol. The number of hydrogen-bond acceptors (Lipinski definition) is 6. The molecule has 10 heteroatoms. The highest BCUT2D eigenvalue weighted by Gasteiger charge is 2.35. The molecule has 174 valence electrons. The van der Waals surface area contributed by atoms with E-state index in [1.807, 2.05) is 0 Å². The number of carbonyl (C=O) groups excluding carboxylic acids is 1. The van der Waals surface area contributed by atoms with Crippen molar-refractivity contribution in [2.45, 2.75) is 18.6 Å². The summed E-state index contributed by atoms with van der Waals surface area (Å²) in [6.07, 6.45) is 2.19. The molecule has 2 aromatic heterocycles. The van der Waals surface area contributed by atoms with Crippen LogP contribution in [0.3, 0.4) is 0 Å². The summed E-state index contributed by atoms with van der Waals surface area (Å²) in [6.45, 7) is 0.339. The first-order valence-corrected chi connectivity index (χ1v) is 11.1. The van der Waals surface area contributed by atoms with E-state index in [1.54, 1.807) is 71.4 Å². The number of hydrogen-bond donors (Lipinski definition) is 2. The fourth-order valence-electron chi connectivity index (χ4n) is 4.27. The topological polar surface area (TPSA) is 113 Å². The van der Waals surface area contributed by atoms with Gasteiger partial charge in [0.15, 0.2) is 0 Å². The molecule has 1 saturated heterocycles. The summed E-state index contributed by atoms with van der Waals surface area (Å²) in [5.41, 5.74) is 2.39. The average molecular weight is 480 g/mol. The van der Waals surface area contributed by atoms with Gasteiger partial charge in [-0.25, -0.2) is 4.68 Å². The molecule has 0 radical (unpaired) electrons. The van der Waals surface area contributed by atoms with Crippen molar-refractivity contribution in [3.8, 4) is 16.9 Å².